The lowest BCUT2D eigenvalue weighted by Gasteiger charge is -2.26. The number of thioether (sulfide) groups is 1. The number of fused-ring (bicyclic) bond motifs is 1. The van der Waals surface area contributed by atoms with E-state index < -0.39 is 9.84 Å². The Kier molecular flexibility index (Phi) is 6.23. The van der Waals surface area contributed by atoms with Crippen LogP contribution in [0.25, 0.3) is 0 Å². The molecule has 2 heterocycles. The number of amidine groups is 1. The number of anilines is 2. The summed E-state index contributed by atoms with van der Waals surface area (Å²) in [6.07, 6.45) is 0. The molecule has 2 aromatic rings. The van der Waals surface area contributed by atoms with Crippen LogP contribution in [0.2, 0.25) is 0 Å². The number of halogens is 1. The highest BCUT2D eigenvalue weighted by Crippen LogP contribution is 2.35. The third kappa shape index (κ3) is 5.02. The molecule has 1 fully saturated rings. The lowest BCUT2D eigenvalue weighted by Crippen LogP contribution is -2.39. The fraction of sp³-hybridized carbons (Fsp3) is 0.286. The highest BCUT2D eigenvalue weighted by atomic mass is 79.9. The number of ketones is 1. The molecule has 2 aliphatic rings. The molecule has 4 rings (SSSR count). The summed E-state index contributed by atoms with van der Waals surface area (Å²) >= 11 is 4.62. The van der Waals surface area contributed by atoms with Crippen molar-refractivity contribution in [2.24, 2.45) is 4.99 Å². The van der Waals surface area contributed by atoms with E-state index in [1.54, 1.807) is 30.3 Å². The molecule has 1 N–H and O–H groups in total. The van der Waals surface area contributed by atoms with Crippen molar-refractivity contribution in [1.82, 2.24) is 0 Å². The predicted molar refractivity (Wildman–Crippen MR) is 128 cm³/mol. The number of sulfone groups is 1. The molecular formula is C21H20BrN3O4S2. The maximum atomic E-state index is 12.4. The zero-order valence-electron chi connectivity index (χ0n) is 16.6. The molecule has 31 heavy (non-hydrogen) atoms. The fourth-order valence-corrected chi connectivity index (χ4v) is 6.70. The minimum Gasteiger partial charge on any atom is -0.325 e. The van der Waals surface area contributed by atoms with Crippen LogP contribution in [0.1, 0.15) is 17.3 Å². The quantitative estimate of drug-likeness (QED) is 0.606. The van der Waals surface area contributed by atoms with Crippen molar-refractivity contribution >= 4 is 65.8 Å². The molecule has 1 amide bonds. The average molecular weight is 522 g/mol. The fourth-order valence-electron chi connectivity index (χ4n) is 3.67. The number of carbonyl (C=O) groups is 2. The Balaban J connectivity index is 1.53. The van der Waals surface area contributed by atoms with Crippen LogP contribution in [0.3, 0.4) is 0 Å². The first-order valence-electron chi connectivity index (χ1n) is 9.58. The van der Waals surface area contributed by atoms with Gasteiger partial charge in [-0.25, -0.2) is 8.42 Å². The second kappa shape index (κ2) is 8.76. The van der Waals surface area contributed by atoms with Gasteiger partial charge in [-0.3, -0.25) is 14.6 Å². The van der Waals surface area contributed by atoms with Crippen LogP contribution in [0.4, 0.5) is 11.4 Å². The lowest BCUT2D eigenvalue weighted by atomic mass is 10.1. The molecule has 0 aliphatic carbocycles. The van der Waals surface area contributed by atoms with Crippen LogP contribution in [-0.4, -0.2) is 54.6 Å². The van der Waals surface area contributed by atoms with E-state index in [-0.39, 0.29) is 41.0 Å². The molecule has 0 aromatic heterocycles. The predicted octanol–water partition coefficient (Wildman–Crippen LogP) is 3.37. The first-order valence-corrected chi connectivity index (χ1v) is 13.2. The lowest BCUT2D eigenvalue weighted by molar-refractivity contribution is -0.113. The number of hydrogen-bond acceptors (Lipinski definition) is 7. The molecule has 0 unspecified atom stereocenters. The van der Waals surface area contributed by atoms with Gasteiger partial charge >= 0.3 is 0 Å². The Morgan fingerprint density at radius 2 is 1.94 bits per heavy atom. The van der Waals surface area contributed by atoms with E-state index in [0.29, 0.717) is 22.1 Å². The Morgan fingerprint density at radius 1 is 1.19 bits per heavy atom. The van der Waals surface area contributed by atoms with Gasteiger partial charge in [0, 0.05) is 21.4 Å². The number of amides is 1. The molecular weight excluding hydrogens is 502 g/mol. The number of rotatable bonds is 5. The number of nitrogens with one attached hydrogen (secondary N) is 1. The Hall–Kier alpha value is -2.17. The molecule has 0 saturated carbocycles. The maximum Gasteiger partial charge on any atom is 0.234 e. The molecule has 0 radical (unpaired) electrons. The summed E-state index contributed by atoms with van der Waals surface area (Å²) in [5.41, 5.74) is 1.94. The van der Waals surface area contributed by atoms with Crippen molar-refractivity contribution in [2.45, 2.75) is 19.0 Å². The molecule has 2 aliphatic heterocycles. The largest absolute Gasteiger partial charge is 0.325 e. The van der Waals surface area contributed by atoms with Gasteiger partial charge in [0.05, 0.1) is 29.3 Å². The first-order chi connectivity index (χ1) is 14.7. The van der Waals surface area contributed by atoms with Crippen molar-refractivity contribution in [2.75, 3.05) is 27.5 Å². The summed E-state index contributed by atoms with van der Waals surface area (Å²) in [6, 6.07) is 13.7. The van der Waals surface area contributed by atoms with Gasteiger partial charge in [0.1, 0.15) is 0 Å². The second-order valence-electron chi connectivity index (χ2n) is 7.44. The number of hydrogen-bond donors (Lipinski definition) is 1. The van der Waals surface area contributed by atoms with Gasteiger partial charge < -0.3 is 10.2 Å². The van der Waals surface area contributed by atoms with E-state index >= 15 is 0 Å². The van der Waals surface area contributed by atoms with Gasteiger partial charge in [0.2, 0.25) is 5.91 Å². The molecule has 7 nitrogen and oxygen atoms in total. The zero-order valence-corrected chi connectivity index (χ0v) is 19.8. The van der Waals surface area contributed by atoms with Crippen LogP contribution >= 0.6 is 27.7 Å². The maximum absolute atomic E-state index is 12.4. The molecule has 2 aromatic carbocycles. The SMILES string of the molecule is CC(=O)c1cccc(N2C(SCC(=O)Nc3ccc(Br)cc3)=N[C@@H]3CS(=O)(=O)C[C@H]32)c1. The van der Waals surface area contributed by atoms with Crippen molar-refractivity contribution in [3.05, 3.63) is 58.6 Å². The van der Waals surface area contributed by atoms with Crippen molar-refractivity contribution in [3.63, 3.8) is 0 Å². The van der Waals surface area contributed by atoms with Crippen LogP contribution in [0.5, 0.6) is 0 Å². The normalized spacial score (nSPS) is 21.5. The standard InChI is InChI=1S/C21H20BrN3O4S2/c1-13(26)14-3-2-4-17(9-14)25-19-12-31(28,29)11-18(19)24-21(25)30-10-20(27)23-16-7-5-15(22)6-8-16/h2-9,18-19H,10-12H2,1H3,(H,23,27)/t18-,19-/m1/s1. The monoisotopic (exact) mass is 521 g/mol. The van der Waals surface area contributed by atoms with E-state index in [1.807, 2.05) is 23.1 Å². The Bertz CT molecular complexity index is 1170. The molecule has 0 bridgehead atoms. The summed E-state index contributed by atoms with van der Waals surface area (Å²) < 4.78 is 25.3. The second-order valence-corrected chi connectivity index (χ2v) is 11.5. The number of benzene rings is 2. The average Bonchev–Trinajstić information content (AvgIpc) is 3.19. The van der Waals surface area contributed by atoms with Gasteiger partial charge in [0.25, 0.3) is 0 Å². The van der Waals surface area contributed by atoms with Crippen molar-refractivity contribution in [1.29, 1.82) is 0 Å². The van der Waals surface area contributed by atoms with Gasteiger partial charge in [0.15, 0.2) is 20.8 Å². The Morgan fingerprint density at radius 3 is 2.65 bits per heavy atom. The molecule has 10 heteroatoms. The summed E-state index contributed by atoms with van der Waals surface area (Å²) in [6.45, 7) is 1.49. The van der Waals surface area contributed by atoms with E-state index in [1.165, 1.54) is 18.7 Å². The van der Waals surface area contributed by atoms with Crippen molar-refractivity contribution < 1.29 is 18.0 Å². The zero-order chi connectivity index (χ0) is 22.2. The van der Waals surface area contributed by atoms with E-state index in [9.17, 15) is 18.0 Å². The summed E-state index contributed by atoms with van der Waals surface area (Å²) in [5.74, 6) is -0.130. The van der Waals surface area contributed by atoms with Crippen LogP contribution in [0.15, 0.2) is 58.0 Å². The van der Waals surface area contributed by atoms with Crippen LogP contribution in [0, 0.1) is 0 Å². The van der Waals surface area contributed by atoms with Gasteiger partial charge in [-0.2, -0.15) is 0 Å². The van der Waals surface area contributed by atoms with E-state index in [4.69, 9.17) is 0 Å². The summed E-state index contributed by atoms with van der Waals surface area (Å²) in [4.78, 5) is 30.7. The van der Waals surface area contributed by atoms with E-state index in [0.717, 1.165) is 4.47 Å². The van der Waals surface area contributed by atoms with Gasteiger partial charge in [-0.05, 0) is 43.3 Å². The van der Waals surface area contributed by atoms with Crippen LogP contribution in [-0.2, 0) is 14.6 Å². The molecule has 2 atom stereocenters. The number of carbonyl (C=O) groups excluding carboxylic acids is 2. The topological polar surface area (TPSA) is 95.9 Å². The molecule has 0 spiro atoms. The minimum atomic E-state index is -3.18. The molecule has 1 saturated heterocycles. The third-order valence-corrected chi connectivity index (χ3v) is 8.29. The molecule has 162 valence electrons. The highest BCUT2D eigenvalue weighted by molar-refractivity contribution is 9.10. The number of nitrogens with zero attached hydrogens (tertiary/aromatic N) is 2. The van der Waals surface area contributed by atoms with Gasteiger partial charge in [-0.1, -0.05) is 39.8 Å². The summed E-state index contributed by atoms with van der Waals surface area (Å²) in [7, 11) is -3.18. The highest BCUT2D eigenvalue weighted by Gasteiger charge is 2.47. The Labute approximate surface area is 193 Å². The third-order valence-electron chi connectivity index (χ3n) is 5.10. The number of aliphatic imine (C=N–C) groups is 1. The number of Topliss-reactive ketones (excluding diaryl/α,β-unsaturated/α-hetero) is 1. The smallest absolute Gasteiger partial charge is 0.234 e. The summed E-state index contributed by atoms with van der Waals surface area (Å²) in [5, 5.41) is 3.43. The minimum absolute atomic E-state index is 0.000610. The van der Waals surface area contributed by atoms with Gasteiger partial charge in [-0.15, -0.1) is 0 Å². The van der Waals surface area contributed by atoms with Crippen LogP contribution < -0.4 is 10.2 Å². The first kappa shape index (κ1) is 22.0. The van der Waals surface area contributed by atoms with Crippen molar-refractivity contribution in [3.8, 4) is 0 Å². The van der Waals surface area contributed by atoms with E-state index in [2.05, 4.69) is 26.2 Å².